The molecule has 6 heteroatoms. The van der Waals surface area contributed by atoms with E-state index < -0.39 is 12.0 Å². The van der Waals surface area contributed by atoms with E-state index in [9.17, 15) is 9.59 Å². The number of carbonyl (C=O) groups excluding carboxylic acids is 2. The maximum atomic E-state index is 13.2. The first-order valence-corrected chi connectivity index (χ1v) is 10.2. The third-order valence-corrected chi connectivity index (χ3v) is 5.39. The van der Waals surface area contributed by atoms with Crippen LogP contribution in [0.15, 0.2) is 53.7 Å². The molecule has 0 N–H and O–H groups in total. The van der Waals surface area contributed by atoms with E-state index >= 15 is 0 Å². The average molecular weight is 408 g/mol. The first kappa shape index (κ1) is 21.6. The SMILES string of the molecule is CCC(C)OC(=O)[C@@H]1C/C(=N/OC)CN1C(=O)c1ccc(-c2ccccc2C)cc1. The summed E-state index contributed by atoms with van der Waals surface area (Å²) in [6, 6.07) is 14.9. The van der Waals surface area contributed by atoms with E-state index in [1.807, 2.05) is 38.1 Å². The van der Waals surface area contributed by atoms with E-state index in [1.165, 1.54) is 17.6 Å². The fourth-order valence-electron chi connectivity index (χ4n) is 3.54. The number of ether oxygens (including phenoxy) is 1. The van der Waals surface area contributed by atoms with Crippen molar-refractivity contribution in [1.82, 2.24) is 4.90 Å². The van der Waals surface area contributed by atoms with Crippen LogP contribution in [0.1, 0.15) is 42.6 Å². The van der Waals surface area contributed by atoms with Gasteiger partial charge in [-0.05, 0) is 49.1 Å². The lowest BCUT2D eigenvalue weighted by atomic mass is 9.99. The summed E-state index contributed by atoms with van der Waals surface area (Å²) in [4.78, 5) is 32.3. The maximum Gasteiger partial charge on any atom is 0.329 e. The van der Waals surface area contributed by atoms with Crippen molar-refractivity contribution in [3.05, 3.63) is 59.7 Å². The molecule has 1 saturated heterocycles. The number of rotatable bonds is 6. The molecule has 2 atom stereocenters. The summed E-state index contributed by atoms with van der Waals surface area (Å²) in [6.07, 6.45) is 0.827. The first-order chi connectivity index (χ1) is 14.4. The van der Waals surface area contributed by atoms with E-state index in [0.29, 0.717) is 24.1 Å². The minimum absolute atomic E-state index is 0.203. The second kappa shape index (κ2) is 9.57. The second-order valence-corrected chi connectivity index (χ2v) is 7.54. The molecule has 1 unspecified atom stereocenters. The molecule has 0 radical (unpaired) electrons. The van der Waals surface area contributed by atoms with E-state index in [-0.39, 0.29) is 18.6 Å². The molecule has 2 aromatic rings. The van der Waals surface area contributed by atoms with Crippen molar-refractivity contribution >= 4 is 17.6 Å². The Morgan fingerprint density at radius 1 is 1.17 bits per heavy atom. The van der Waals surface area contributed by atoms with Gasteiger partial charge >= 0.3 is 5.97 Å². The molecule has 1 fully saturated rings. The zero-order chi connectivity index (χ0) is 21.7. The molecule has 1 aliphatic rings. The predicted molar refractivity (Wildman–Crippen MR) is 116 cm³/mol. The lowest BCUT2D eigenvalue weighted by molar-refractivity contribution is -0.152. The number of aryl methyl sites for hydroxylation is 1. The van der Waals surface area contributed by atoms with Gasteiger partial charge in [0.25, 0.3) is 5.91 Å². The number of hydrogen-bond acceptors (Lipinski definition) is 5. The summed E-state index contributed by atoms with van der Waals surface area (Å²) in [5.41, 5.74) is 4.51. The van der Waals surface area contributed by atoms with Crippen LogP contribution in [0.25, 0.3) is 11.1 Å². The highest BCUT2D eigenvalue weighted by Crippen LogP contribution is 2.25. The minimum atomic E-state index is -0.698. The molecule has 0 spiro atoms. The molecule has 30 heavy (non-hydrogen) atoms. The molecule has 0 aliphatic carbocycles. The van der Waals surface area contributed by atoms with Gasteiger partial charge in [-0.2, -0.15) is 0 Å². The number of nitrogens with zero attached hydrogens (tertiary/aromatic N) is 2. The highest BCUT2D eigenvalue weighted by Gasteiger charge is 2.40. The van der Waals surface area contributed by atoms with Gasteiger partial charge in [-0.1, -0.05) is 48.5 Å². The van der Waals surface area contributed by atoms with Crippen LogP contribution in [0.5, 0.6) is 0 Å². The van der Waals surface area contributed by atoms with Gasteiger partial charge in [-0.3, -0.25) is 4.79 Å². The Kier molecular flexibility index (Phi) is 6.87. The third-order valence-electron chi connectivity index (χ3n) is 5.39. The summed E-state index contributed by atoms with van der Waals surface area (Å²) in [7, 11) is 1.45. The fraction of sp³-hybridized carbons (Fsp3) is 0.375. The van der Waals surface area contributed by atoms with E-state index in [4.69, 9.17) is 9.57 Å². The Morgan fingerprint density at radius 3 is 2.50 bits per heavy atom. The quantitative estimate of drug-likeness (QED) is 0.530. The molecule has 0 saturated carbocycles. The van der Waals surface area contributed by atoms with Gasteiger partial charge in [0, 0.05) is 12.0 Å². The normalized spacial score (nSPS) is 18.3. The van der Waals surface area contributed by atoms with Crippen molar-refractivity contribution in [2.45, 2.75) is 45.8 Å². The summed E-state index contributed by atoms with van der Waals surface area (Å²) in [5.74, 6) is -0.630. The maximum absolute atomic E-state index is 13.2. The number of likely N-dealkylation sites (tertiary alicyclic amines) is 1. The average Bonchev–Trinajstić information content (AvgIpc) is 3.18. The summed E-state index contributed by atoms with van der Waals surface area (Å²) >= 11 is 0. The smallest absolute Gasteiger partial charge is 0.329 e. The Balaban J connectivity index is 1.83. The molecule has 0 aromatic heterocycles. The molecular formula is C24H28N2O4. The fourth-order valence-corrected chi connectivity index (χ4v) is 3.54. The Bertz CT molecular complexity index is 936. The molecule has 1 heterocycles. The molecule has 158 valence electrons. The topological polar surface area (TPSA) is 68.2 Å². The van der Waals surface area contributed by atoms with Crippen molar-refractivity contribution in [2.24, 2.45) is 5.16 Å². The van der Waals surface area contributed by atoms with Gasteiger partial charge in [-0.15, -0.1) is 0 Å². The monoisotopic (exact) mass is 408 g/mol. The highest BCUT2D eigenvalue weighted by atomic mass is 16.6. The highest BCUT2D eigenvalue weighted by molar-refractivity contribution is 6.04. The largest absolute Gasteiger partial charge is 0.461 e. The molecule has 6 nitrogen and oxygen atoms in total. The Morgan fingerprint density at radius 2 is 1.87 bits per heavy atom. The molecular weight excluding hydrogens is 380 g/mol. The number of benzene rings is 2. The van der Waals surface area contributed by atoms with Crippen molar-refractivity contribution in [3.63, 3.8) is 0 Å². The summed E-state index contributed by atoms with van der Waals surface area (Å²) in [6.45, 7) is 6.09. The first-order valence-electron chi connectivity index (χ1n) is 10.2. The number of carbonyl (C=O) groups is 2. The predicted octanol–water partition coefficient (Wildman–Crippen LogP) is 4.22. The van der Waals surface area contributed by atoms with E-state index in [2.05, 4.69) is 24.2 Å². The van der Waals surface area contributed by atoms with Crippen LogP contribution in [0.3, 0.4) is 0 Å². The van der Waals surface area contributed by atoms with Crippen molar-refractivity contribution in [3.8, 4) is 11.1 Å². The van der Waals surface area contributed by atoms with Crippen LogP contribution in [0, 0.1) is 6.92 Å². The van der Waals surface area contributed by atoms with Gasteiger partial charge < -0.3 is 14.5 Å². The van der Waals surface area contributed by atoms with Crippen LogP contribution >= 0.6 is 0 Å². The van der Waals surface area contributed by atoms with Crippen LogP contribution in [0.2, 0.25) is 0 Å². The van der Waals surface area contributed by atoms with E-state index in [0.717, 1.165) is 11.1 Å². The van der Waals surface area contributed by atoms with Crippen molar-refractivity contribution < 1.29 is 19.2 Å². The molecule has 1 aliphatic heterocycles. The number of hydrogen-bond donors (Lipinski definition) is 0. The van der Waals surface area contributed by atoms with Gasteiger partial charge in [0.15, 0.2) is 0 Å². The number of esters is 1. The van der Waals surface area contributed by atoms with Gasteiger partial charge in [0.05, 0.1) is 18.4 Å². The molecule has 2 aromatic carbocycles. The summed E-state index contributed by atoms with van der Waals surface area (Å²) in [5, 5.41) is 3.96. The van der Waals surface area contributed by atoms with Gasteiger partial charge in [0.1, 0.15) is 13.2 Å². The van der Waals surface area contributed by atoms with Crippen LogP contribution < -0.4 is 0 Å². The van der Waals surface area contributed by atoms with Crippen molar-refractivity contribution in [1.29, 1.82) is 0 Å². The zero-order valence-corrected chi connectivity index (χ0v) is 17.9. The Labute approximate surface area is 177 Å². The molecule has 1 amide bonds. The third kappa shape index (κ3) is 4.70. The zero-order valence-electron chi connectivity index (χ0n) is 17.9. The number of amides is 1. The molecule has 0 bridgehead atoms. The van der Waals surface area contributed by atoms with Crippen LogP contribution in [-0.2, 0) is 14.4 Å². The standard InChI is InChI=1S/C24H28N2O4/c1-5-17(3)30-24(28)22-14-20(25-29-4)15-26(22)23(27)19-12-10-18(11-13-19)21-9-7-6-8-16(21)2/h6-13,17,22H,5,14-15H2,1-4H3/b25-20-/t17?,22-/m0/s1. The van der Waals surface area contributed by atoms with Gasteiger partial charge in [0.2, 0.25) is 0 Å². The second-order valence-electron chi connectivity index (χ2n) is 7.54. The van der Waals surface area contributed by atoms with Gasteiger partial charge in [-0.25, -0.2) is 4.79 Å². The summed E-state index contributed by atoms with van der Waals surface area (Å²) < 4.78 is 5.49. The molecule has 3 rings (SSSR count). The van der Waals surface area contributed by atoms with Crippen molar-refractivity contribution in [2.75, 3.05) is 13.7 Å². The van der Waals surface area contributed by atoms with Crippen LogP contribution in [-0.4, -0.2) is 48.3 Å². The lowest BCUT2D eigenvalue weighted by Gasteiger charge is -2.24. The minimum Gasteiger partial charge on any atom is -0.461 e. The van der Waals surface area contributed by atoms with Crippen LogP contribution in [0.4, 0.5) is 0 Å². The number of oxime groups is 1. The lowest BCUT2D eigenvalue weighted by Crippen LogP contribution is -2.42. The Hall–Kier alpha value is -3.15. The van der Waals surface area contributed by atoms with E-state index in [1.54, 1.807) is 12.1 Å².